The zero-order valence-corrected chi connectivity index (χ0v) is 7.93. The Labute approximate surface area is 84.4 Å². The molecule has 2 N–H and O–H groups in total. The van der Waals surface area contributed by atoms with Gasteiger partial charge in [0.15, 0.2) is 6.61 Å². The number of amides is 1. The smallest absolute Gasteiger partial charge is 0.422 e. The van der Waals surface area contributed by atoms with Gasteiger partial charge in [0, 0.05) is 12.0 Å². The van der Waals surface area contributed by atoms with Crippen LogP contribution >= 0.6 is 0 Å². The molecule has 0 aliphatic heterocycles. The molecule has 1 saturated carbocycles. The van der Waals surface area contributed by atoms with Crippen LogP contribution < -0.4 is 5.32 Å². The molecule has 0 aromatic heterocycles. The number of halogens is 3. The zero-order valence-electron chi connectivity index (χ0n) is 7.93. The highest BCUT2D eigenvalue weighted by molar-refractivity contribution is 5.67. The first-order valence-corrected chi connectivity index (χ1v) is 4.45. The van der Waals surface area contributed by atoms with E-state index < -0.39 is 18.9 Å². The van der Waals surface area contributed by atoms with Crippen LogP contribution in [0.1, 0.15) is 12.8 Å². The topological polar surface area (TPSA) is 58.6 Å². The summed E-state index contributed by atoms with van der Waals surface area (Å²) in [6, 6.07) is 0. The fourth-order valence-corrected chi connectivity index (χ4v) is 1.03. The number of ether oxygens (including phenoxy) is 1. The third-order valence-corrected chi connectivity index (χ3v) is 2.27. The number of aliphatic hydroxyl groups is 1. The molecule has 0 aromatic carbocycles. The molecule has 1 aliphatic rings. The zero-order chi connectivity index (χ0) is 11.5. The maximum Gasteiger partial charge on any atom is 0.422 e. The second kappa shape index (κ2) is 4.26. The SMILES string of the molecule is O=C(NCC1(CO)CC1)OCC(F)(F)F. The van der Waals surface area contributed by atoms with Gasteiger partial charge in [0.25, 0.3) is 0 Å². The summed E-state index contributed by atoms with van der Waals surface area (Å²) in [7, 11) is 0. The average Bonchev–Trinajstić information content (AvgIpc) is 2.91. The molecule has 7 heteroatoms. The highest BCUT2D eigenvalue weighted by Gasteiger charge is 2.42. The third-order valence-electron chi connectivity index (χ3n) is 2.27. The first-order chi connectivity index (χ1) is 6.87. The molecule has 0 aromatic rings. The quantitative estimate of drug-likeness (QED) is 0.754. The molecule has 0 saturated heterocycles. The third kappa shape index (κ3) is 4.37. The standard InChI is InChI=1S/C8H12F3NO3/c9-8(10,11)5-15-6(14)12-3-7(4-13)1-2-7/h13H,1-5H2,(H,12,14). The van der Waals surface area contributed by atoms with Crippen LogP contribution in [-0.4, -0.2) is 37.1 Å². The molecule has 88 valence electrons. The number of nitrogens with one attached hydrogen (secondary N) is 1. The second-order valence-corrected chi connectivity index (χ2v) is 3.70. The van der Waals surface area contributed by atoms with Crippen LogP contribution in [0.5, 0.6) is 0 Å². The molecule has 0 atom stereocenters. The van der Waals surface area contributed by atoms with E-state index in [0.717, 1.165) is 12.8 Å². The van der Waals surface area contributed by atoms with Crippen LogP contribution in [0, 0.1) is 5.41 Å². The summed E-state index contributed by atoms with van der Waals surface area (Å²) < 4.78 is 38.8. The summed E-state index contributed by atoms with van der Waals surface area (Å²) in [5, 5.41) is 11.0. The summed E-state index contributed by atoms with van der Waals surface area (Å²) in [5.41, 5.74) is -0.336. The average molecular weight is 227 g/mol. The molecule has 15 heavy (non-hydrogen) atoms. The number of carbonyl (C=O) groups is 1. The second-order valence-electron chi connectivity index (χ2n) is 3.70. The van der Waals surface area contributed by atoms with Crippen LogP contribution in [0.2, 0.25) is 0 Å². The Morgan fingerprint density at radius 2 is 2.07 bits per heavy atom. The fraction of sp³-hybridized carbons (Fsp3) is 0.875. The molecule has 0 bridgehead atoms. The first kappa shape index (κ1) is 12.1. The van der Waals surface area contributed by atoms with Crippen molar-refractivity contribution in [1.82, 2.24) is 5.32 Å². The fourth-order valence-electron chi connectivity index (χ4n) is 1.03. The van der Waals surface area contributed by atoms with E-state index in [2.05, 4.69) is 10.1 Å². The summed E-state index contributed by atoms with van der Waals surface area (Å²) in [4.78, 5) is 10.8. The van der Waals surface area contributed by atoms with E-state index in [-0.39, 0.29) is 18.6 Å². The monoisotopic (exact) mass is 227 g/mol. The van der Waals surface area contributed by atoms with Crippen LogP contribution in [-0.2, 0) is 4.74 Å². The Kier molecular flexibility index (Phi) is 3.43. The van der Waals surface area contributed by atoms with E-state index in [1.807, 2.05) is 0 Å². The van der Waals surface area contributed by atoms with Gasteiger partial charge in [0.2, 0.25) is 0 Å². The molecule has 0 heterocycles. The number of rotatable bonds is 4. The van der Waals surface area contributed by atoms with E-state index in [0.29, 0.717) is 0 Å². The lowest BCUT2D eigenvalue weighted by Gasteiger charge is -2.13. The van der Waals surface area contributed by atoms with Crippen LogP contribution in [0.25, 0.3) is 0 Å². The molecular formula is C8H12F3NO3. The first-order valence-electron chi connectivity index (χ1n) is 4.45. The maximum absolute atomic E-state index is 11.6. The van der Waals surface area contributed by atoms with Crippen molar-refractivity contribution in [1.29, 1.82) is 0 Å². The number of alkyl carbamates (subject to hydrolysis) is 1. The molecule has 1 rings (SSSR count). The van der Waals surface area contributed by atoms with Crippen LogP contribution in [0.15, 0.2) is 0 Å². The van der Waals surface area contributed by atoms with Gasteiger partial charge in [-0.1, -0.05) is 0 Å². The number of alkyl halides is 3. The number of hydrogen-bond acceptors (Lipinski definition) is 3. The lowest BCUT2D eigenvalue weighted by atomic mass is 10.1. The van der Waals surface area contributed by atoms with Gasteiger partial charge in [-0.3, -0.25) is 0 Å². The lowest BCUT2D eigenvalue weighted by Crippen LogP contribution is -2.34. The Hall–Kier alpha value is -0.980. The van der Waals surface area contributed by atoms with Crippen molar-refractivity contribution in [2.45, 2.75) is 19.0 Å². The van der Waals surface area contributed by atoms with Crippen molar-refractivity contribution in [3.05, 3.63) is 0 Å². The van der Waals surface area contributed by atoms with E-state index in [1.165, 1.54) is 0 Å². The highest BCUT2D eigenvalue weighted by Crippen LogP contribution is 2.44. The van der Waals surface area contributed by atoms with Gasteiger partial charge in [0.05, 0.1) is 6.61 Å². The Morgan fingerprint density at radius 1 is 1.47 bits per heavy atom. The van der Waals surface area contributed by atoms with Crippen molar-refractivity contribution < 1.29 is 27.8 Å². The normalized spacial score (nSPS) is 18.4. The van der Waals surface area contributed by atoms with E-state index >= 15 is 0 Å². The lowest BCUT2D eigenvalue weighted by molar-refractivity contribution is -0.160. The van der Waals surface area contributed by atoms with Crippen LogP contribution in [0.3, 0.4) is 0 Å². The molecule has 1 fully saturated rings. The minimum absolute atomic E-state index is 0.0768. The van der Waals surface area contributed by atoms with Gasteiger partial charge in [-0.15, -0.1) is 0 Å². The summed E-state index contributed by atoms with van der Waals surface area (Å²) >= 11 is 0. The van der Waals surface area contributed by atoms with E-state index in [4.69, 9.17) is 5.11 Å². The summed E-state index contributed by atoms with van der Waals surface area (Å²) in [5.74, 6) is 0. The Bertz CT molecular complexity index is 238. The summed E-state index contributed by atoms with van der Waals surface area (Å²) in [6.45, 7) is -1.52. The predicted molar refractivity (Wildman–Crippen MR) is 44.2 cm³/mol. The van der Waals surface area contributed by atoms with Crippen LogP contribution in [0.4, 0.5) is 18.0 Å². The van der Waals surface area contributed by atoms with Crippen molar-refractivity contribution in [3.8, 4) is 0 Å². The molecule has 1 aliphatic carbocycles. The van der Waals surface area contributed by atoms with Gasteiger partial charge in [-0.2, -0.15) is 13.2 Å². The van der Waals surface area contributed by atoms with Gasteiger partial charge >= 0.3 is 12.3 Å². The largest absolute Gasteiger partial charge is 0.440 e. The minimum Gasteiger partial charge on any atom is -0.440 e. The van der Waals surface area contributed by atoms with Crippen molar-refractivity contribution in [3.63, 3.8) is 0 Å². The van der Waals surface area contributed by atoms with Gasteiger partial charge in [0.1, 0.15) is 0 Å². The highest BCUT2D eigenvalue weighted by atomic mass is 19.4. The maximum atomic E-state index is 11.6. The summed E-state index contributed by atoms with van der Waals surface area (Å²) in [6.07, 6.45) is -4.08. The van der Waals surface area contributed by atoms with Gasteiger partial charge in [-0.25, -0.2) is 4.79 Å². The van der Waals surface area contributed by atoms with E-state index in [1.54, 1.807) is 0 Å². The van der Waals surface area contributed by atoms with Crippen molar-refractivity contribution >= 4 is 6.09 Å². The molecule has 0 unspecified atom stereocenters. The number of aliphatic hydroxyl groups excluding tert-OH is 1. The molecule has 4 nitrogen and oxygen atoms in total. The van der Waals surface area contributed by atoms with E-state index in [9.17, 15) is 18.0 Å². The molecule has 1 amide bonds. The molecule has 0 spiro atoms. The molecular weight excluding hydrogens is 215 g/mol. The Morgan fingerprint density at radius 3 is 2.47 bits per heavy atom. The number of carbonyl (C=O) groups excluding carboxylic acids is 1. The molecule has 0 radical (unpaired) electrons. The van der Waals surface area contributed by atoms with Crippen molar-refractivity contribution in [2.24, 2.45) is 5.41 Å². The number of hydrogen-bond donors (Lipinski definition) is 2. The Balaban J connectivity index is 2.14. The minimum atomic E-state index is -4.51. The van der Waals surface area contributed by atoms with Gasteiger partial charge in [-0.05, 0) is 12.8 Å². The van der Waals surface area contributed by atoms with Crippen molar-refractivity contribution in [2.75, 3.05) is 19.8 Å². The van der Waals surface area contributed by atoms with Gasteiger partial charge < -0.3 is 15.2 Å². The predicted octanol–water partition coefficient (Wildman–Crippen LogP) is 1.05.